The monoisotopic (exact) mass is 346 g/mol. The zero-order valence-electron chi connectivity index (χ0n) is 14.8. The lowest BCUT2D eigenvalue weighted by Crippen LogP contribution is -2.47. The van der Waals surface area contributed by atoms with Gasteiger partial charge in [-0.05, 0) is 37.3 Å². The van der Waals surface area contributed by atoms with Crippen LogP contribution in [0, 0.1) is 11.8 Å². The number of aliphatic carboxylic acids is 1. The van der Waals surface area contributed by atoms with Gasteiger partial charge in [0.2, 0.25) is 5.91 Å². The summed E-state index contributed by atoms with van der Waals surface area (Å²) >= 11 is 0. The standard InChI is InChI=1S/C19H26N2O4/c1-13(2)12-16(19(24)25)20-17(22)14-8-10-21(11-9-14)18(23)15-6-4-3-5-7-15/h3-7,13-14,16H,8-12H2,1-2H3,(H,20,22)(H,24,25). The summed E-state index contributed by atoms with van der Waals surface area (Å²) in [5.41, 5.74) is 0.647. The Kier molecular flexibility index (Phi) is 6.56. The first-order chi connectivity index (χ1) is 11.9. The van der Waals surface area contributed by atoms with E-state index < -0.39 is 12.0 Å². The number of amides is 2. The molecule has 2 amide bonds. The number of hydrogen-bond donors (Lipinski definition) is 2. The van der Waals surface area contributed by atoms with E-state index in [1.807, 2.05) is 32.0 Å². The minimum atomic E-state index is -1.00. The summed E-state index contributed by atoms with van der Waals surface area (Å²) in [4.78, 5) is 37.8. The lowest BCUT2D eigenvalue weighted by Gasteiger charge is -2.32. The quantitative estimate of drug-likeness (QED) is 0.826. The Bertz CT molecular complexity index is 607. The van der Waals surface area contributed by atoms with E-state index in [1.165, 1.54) is 0 Å². The van der Waals surface area contributed by atoms with Crippen LogP contribution in [0.2, 0.25) is 0 Å². The highest BCUT2D eigenvalue weighted by Gasteiger charge is 2.30. The molecule has 1 fully saturated rings. The molecule has 0 spiro atoms. The van der Waals surface area contributed by atoms with Gasteiger partial charge in [0.05, 0.1) is 0 Å². The maximum Gasteiger partial charge on any atom is 0.326 e. The second-order valence-corrected chi connectivity index (χ2v) is 6.96. The fraction of sp³-hybridized carbons (Fsp3) is 0.526. The molecule has 0 saturated carbocycles. The van der Waals surface area contributed by atoms with Crippen LogP contribution in [0.15, 0.2) is 30.3 Å². The van der Waals surface area contributed by atoms with Crippen LogP contribution in [0.25, 0.3) is 0 Å². The molecule has 2 N–H and O–H groups in total. The van der Waals surface area contributed by atoms with Crippen molar-refractivity contribution in [1.82, 2.24) is 10.2 Å². The predicted octanol–water partition coefficient (Wildman–Crippen LogP) is 2.15. The molecule has 0 bridgehead atoms. The minimum absolute atomic E-state index is 0.0253. The summed E-state index contributed by atoms with van der Waals surface area (Å²) in [6, 6.07) is 8.23. The predicted molar refractivity (Wildman–Crippen MR) is 94.1 cm³/mol. The smallest absolute Gasteiger partial charge is 0.326 e. The maximum absolute atomic E-state index is 12.4. The third-order valence-electron chi connectivity index (χ3n) is 4.50. The lowest BCUT2D eigenvalue weighted by atomic mass is 9.94. The number of carbonyl (C=O) groups is 3. The minimum Gasteiger partial charge on any atom is -0.480 e. The molecule has 0 aromatic heterocycles. The van der Waals surface area contributed by atoms with E-state index in [0.29, 0.717) is 37.9 Å². The van der Waals surface area contributed by atoms with Crippen molar-refractivity contribution in [3.05, 3.63) is 35.9 Å². The zero-order valence-corrected chi connectivity index (χ0v) is 14.8. The normalized spacial score (nSPS) is 16.5. The van der Waals surface area contributed by atoms with Crippen molar-refractivity contribution in [2.45, 2.75) is 39.2 Å². The number of nitrogens with zero attached hydrogens (tertiary/aromatic N) is 1. The van der Waals surface area contributed by atoms with Gasteiger partial charge in [0.1, 0.15) is 6.04 Å². The topological polar surface area (TPSA) is 86.7 Å². The van der Waals surface area contributed by atoms with Crippen LogP contribution >= 0.6 is 0 Å². The van der Waals surface area contributed by atoms with E-state index in [2.05, 4.69) is 5.32 Å². The Morgan fingerprint density at radius 1 is 1.16 bits per heavy atom. The Labute approximate surface area is 148 Å². The van der Waals surface area contributed by atoms with E-state index in [0.717, 1.165) is 0 Å². The first-order valence-electron chi connectivity index (χ1n) is 8.76. The van der Waals surface area contributed by atoms with Gasteiger partial charge in [-0.1, -0.05) is 32.0 Å². The van der Waals surface area contributed by atoms with Gasteiger partial charge in [0.15, 0.2) is 0 Å². The molecule has 1 aromatic carbocycles. The van der Waals surface area contributed by atoms with Crippen LogP contribution in [-0.4, -0.2) is 46.9 Å². The van der Waals surface area contributed by atoms with Gasteiger partial charge in [0.25, 0.3) is 5.91 Å². The van der Waals surface area contributed by atoms with Gasteiger partial charge in [-0.2, -0.15) is 0 Å². The van der Waals surface area contributed by atoms with Crippen LogP contribution in [0.3, 0.4) is 0 Å². The van der Waals surface area contributed by atoms with Gasteiger partial charge in [0, 0.05) is 24.6 Å². The van der Waals surface area contributed by atoms with Crippen LogP contribution in [0.5, 0.6) is 0 Å². The van der Waals surface area contributed by atoms with Crippen molar-refractivity contribution in [1.29, 1.82) is 0 Å². The average molecular weight is 346 g/mol. The van der Waals surface area contributed by atoms with Gasteiger partial charge in [-0.15, -0.1) is 0 Å². The largest absolute Gasteiger partial charge is 0.480 e. The number of hydrogen-bond acceptors (Lipinski definition) is 3. The second kappa shape index (κ2) is 8.65. The second-order valence-electron chi connectivity index (χ2n) is 6.96. The number of carboxylic acids is 1. The Morgan fingerprint density at radius 3 is 2.28 bits per heavy atom. The number of benzene rings is 1. The third-order valence-corrected chi connectivity index (χ3v) is 4.50. The van der Waals surface area contributed by atoms with Crippen LogP contribution in [0.4, 0.5) is 0 Å². The lowest BCUT2D eigenvalue weighted by molar-refractivity contribution is -0.143. The molecule has 1 saturated heterocycles. The van der Waals surface area contributed by atoms with Gasteiger partial charge in [-0.3, -0.25) is 9.59 Å². The van der Waals surface area contributed by atoms with E-state index in [1.54, 1.807) is 17.0 Å². The number of piperidine rings is 1. The molecule has 6 nitrogen and oxygen atoms in total. The van der Waals surface area contributed by atoms with E-state index in [4.69, 9.17) is 0 Å². The fourth-order valence-corrected chi connectivity index (χ4v) is 3.09. The molecular formula is C19H26N2O4. The summed E-state index contributed by atoms with van der Waals surface area (Å²) in [6.45, 7) is 4.87. The molecule has 1 aliphatic rings. The first kappa shape index (κ1) is 19.0. The van der Waals surface area contributed by atoms with Crippen LogP contribution < -0.4 is 5.32 Å². The number of carbonyl (C=O) groups excluding carboxylic acids is 2. The molecule has 0 radical (unpaired) electrons. The molecule has 1 aliphatic heterocycles. The number of rotatable bonds is 6. The average Bonchev–Trinajstić information content (AvgIpc) is 2.61. The third kappa shape index (κ3) is 5.31. The van der Waals surface area contributed by atoms with Gasteiger partial charge in [-0.25, -0.2) is 4.79 Å². The molecular weight excluding hydrogens is 320 g/mol. The molecule has 136 valence electrons. The summed E-state index contributed by atoms with van der Waals surface area (Å²) in [5, 5.41) is 11.9. The van der Waals surface area contributed by atoms with Gasteiger partial charge >= 0.3 is 5.97 Å². The summed E-state index contributed by atoms with van der Waals surface area (Å²) in [6.07, 6.45) is 1.52. The molecule has 25 heavy (non-hydrogen) atoms. The highest BCUT2D eigenvalue weighted by atomic mass is 16.4. The molecule has 1 heterocycles. The highest BCUT2D eigenvalue weighted by Crippen LogP contribution is 2.20. The SMILES string of the molecule is CC(C)CC(NC(=O)C1CCN(C(=O)c2ccccc2)CC1)C(=O)O. The zero-order chi connectivity index (χ0) is 18.4. The fourth-order valence-electron chi connectivity index (χ4n) is 3.09. The van der Waals surface area contributed by atoms with Crippen LogP contribution in [0.1, 0.15) is 43.5 Å². The van der Waals surface area contributed by atoms with Crippen molar-refractivity contribution in [2.24, 2.45) is 11.8 Å². The summed E-state index contributed by atoms with van der Waals surface area (Å²) in [7, 11) is 0. The Morgan fingerprint density at radius 2 is 1.76 bits per heavy atom. The maximum atomic E-state index is 12.4. The first-order valence-corrected chi connectivity index (χ1v) is 8.76. The van der Waals surface area contributed by atoms with Crippen molar-refractivity contribution in [3.63, 3.8) is 0 Å². The molecule has 1 aromatic rings. The molecule has 2 rings (SSSR count). The molecule has 1 unspecified atom stereocenters. The number of carboxylic acid groups (broad SMARTS) is 1. The molecule has 6 heteroatoms. The number of likely N-dealkylation sites (tertiary alicyclic amines) is 1. The van der Waals surface area contributed by atoms with E-state index in [-0.39, 0.29) is 23.7 Å². The van der Waals surface area contributed by atoms with Gasteiger partial charge < -0.3 is 15.3 Å². The van der Waals surface area contributed by atoms with Crippen molar-refractivity contribution in [2.75, 3.05) is 13.1 Å². The number of nitrogens with one attached hydrogen (secondary N) is 1. The van der Waals surface area contributed by atoms with Crippen LogP contribution in [-0.2, 0) is 9.59 Å². The summed E-state index contributed by atoms with van der Waals surface area (Å²) in [5.74, 6) is -1.30. The van der Waals surface area contributed by atoms with E-state index >= 15 is 0 Å². The Hall–Kier alpha value is -2.37. The van der Waals surface area contributed by atoms with E-state index in [9.17, 15) is 19.5 Å². The van der Waals surface area contributed by atoms with Crippen molar-refractivity contribution in [3.8, 4) is 0 Å². The summed E-state index contributed by atoms with van der Waals surface area (Å²) < 4.78 is 0. The molecule has 1 atom stereocenters. The highest BCUT2D eigenvalue weighted by molar-refractivity contribution is 5.94. The van der Waals surface area contributed by atoms with Crippen molar-refractivity contribution >= 4 is 17.8 Å². The Balaban J connectivity index is 1.87. The molecule has 0 aliphatic carbocycles. The van der Waals surface area contributed by atoms with Crippen molar-refractivity contribution < 1.29 is 19.5 Å².